The van der Waals surface area contributed by atoms with Crippen molar-refractivity contribution < 1.29 is 14.4 Å². The summed E-state index contributed by atoms with van der Waals surface area (Å²) in [6.07, 6.45) is 3.48. The minimum atomic E-state index is -0.598. The Bertz CT molecular complexity index is 1460. The average molecular weight is 609 g/mol. The fourth-order valence-corrected chi connectivity index (χ4v) is 4.63. The summed E-state index contributed by atoms with van der Waals surface area (Å²) in [6, 6.07) is 15.8. The van der Waals surface area contributed by atoms with Crippen LogP contribution in [-0.4, -0.2) is 56.7 Å². The third kappa shape index (κ3) is 5.56. The van der Waals surface area contributed by atoms with Crippen molar-refractivity contribution in [1.29, 1.82) is 0 Å². The lowest BCUT2D eigenvalue weighted by Crippen LogP contribution is -2.42. The lowest BCUT2D eigenvalue weighted by molar-refractivity contribution is 0.0718. The highest BCUT2D eigenvalue weighted by molar-refractivity contribution is 14.1. The van der Waals surface area contributed by atoms with Crippen molar-refractivity contribution in [1.82, 2.24) is 19.9 Å². The molecular weight excluding hydrogens is 585 g/mol. The van der Waals surface area contributed by atoms with Gasteiger partial charge in [0, 0.05) is 40.0 Å². The number of anilines is 2. The molecular formula is C26H24IN7O3. The van der Waals surface area contributed by atoms with E-state index in [-0.39, 0.29) is 23.5 Å². The van der Waals surface area contributed by atoms with Crippen LogP contribution < -0.4 is 16.4 Å². The number of pyridine rings is 1. The van der Waals surface area contributed by atoms with Gasteiger partial charge in [0.1, 0.15) is 11.3 Å². The first-order valence-electron chi connectivity index (χ1n) is 11.7. The molecule has 2 aromatic heterocycles. The standard InChI is InChI=1S/C26H24IN7O3/c27-17-8-9-21(29-14-17)30-18-10-12-34(13-11-18)25(37)16-6-4-15(5-7-16)24(36)33-26-31-20-3-1-2-19(23(28)35)22(20)32-26/h1-9,14,18H,10-13H2,(H2,28,35)(H,29,30)(H2,31,32,33,36). The van der Waals surface area contributed by atoms with E-state index < -0.39 is 11.8 Å². The number of nitrogens with zero attached hydrogens (tertiary/aromatic N) is 3. The number of carbonyl (C=O) groups is 3. The van der Waals surface area contributed by atoms with Crippen LogP contribution >= 0.6 is 22.6 Å². The molecule has 11 heteroatoms. The van der Waals surface area contributed by atoms with Crippen molar-refractivity contribution in [3.63, 3.8) is 0 Å². The van der Waals surface area contributed by atoms with Gasteiger partial charge in [-0.15, -0.1) is 0 Å². The molecule has 1 saturated heterocycles. The van der Waals surface area contributed by atoms with Crippen LogP contribution in [0.2, 0.25) is 0 Å². The average Bonchev–Trinajstić information content (AvgIpc) is 3.32. The van der Waals surface area contributed by atoms with E-state index in [0.717, 1.165) is 22.2 Å². The number of piperidine rings is 1. The first-order valence-corrected chi connectivity index (χ1v) is 12.8. The van der Waals surface area contributed by atoms with Gasteiger partial charge in [-0.05, 0) is 84.0 Å². The molecule has 3 heterocycles. The molecule has 0 aliphatic carbocycles. The van der Waals surface area contributed by atoms with E-state index in [1.54, 1.807) is 42.5 Å². The molecule has 1 aliphatic rings. The van der Waals surface area contributed by atoms with Crippen LogP contribution in [0.4, 0.5) is 11.8 Å². The topological polar surface area (TPSA) is 146 Å². The number of nitrogens with one attached hydrogen (secondary N) is 3. The summed E-state index contributed by atoms with van der Waals surface area (Å²) >= 11 is 2.22. The van der Waals surface area contributed by atoms with Gasteiger partial charge in [-0.2, -0.15) is 0 Å². The Labute approximate surface area is 226 Å². The number of aromatic nitrogens is 3. The van der Waals surface area contributed by atoms with Crippen molar-refractivity contribution >= 4 is 63.1 Å². The minimum absolute atomic E-state index is 0.0611. The Morgan fingerprint density at radius 1 is 1.00 bits per heavy atom. The maximum atomic E-state index is 13.0. The lowest BCUT2D eigenvalue weighted by Gasteiger charge is -2.32. The number of halogens is 1. The summed E-state index contributed by atoms with van der Waals surface area (Å²) < 4.78 is 1.08. The van der Waals surface area contributed by atoms with Crippen LogP contribution in [0.15, 0.2) is 60.8 Å². The molecule has 0 saturated carbocycles. The lowest BCUT2D eigenvalue weighted by atomic mass is 10.0. The van der Waals surface area contributed by atoms with Gasteiger partial charge in [-0.25, -0.2) is 9.97 Å². The maximum absolute atomic E-state index is 13.0. The monoisotopic (exact) mass is 609 g/mol. The van der Waals surface area contributed by atoms with Crippen LogP contribution in [0.1, 0.15) is 43.9 Å². The summed E-state index contributed by atoms with van der Waals surface area (Å²) in [6.45, 7) is 1.28. The zero-order valence-corrected chi connectivity index (χ0v) is 21.9. The Morgan fingerprint density at radius 2 is 1.73 bits per heavy atom. The van der Waals surface area contributed by atoms with E-state index in [1.807, 2.05) is 23.2 Å². The van der Waals surface area contributed by atoms with Gasteiger partial charge in [-0.1, -0.05) is 6.07 Å². The van der Waals surface area contributed by atoms with Crippen molar-refractivity contribution in [3.8, 4) is 0 Å². The zero-order chi connectivity index (χ0) is 25.9. The summed E-state index contributed by atoms with van der Waals surface area (Å²) in [7, 11) is 0. The molecule has 0 bridgehead atoms. The first kappa shape index (κ1) is 24.7. The number of likely N-dealkylation sites (tertiary alicyclic amines) is 1. The molecule has 1 aliphatic heterocycles. The number of nitrogens with two attached hydrogens (primary N) is 1. The minimum Gasteiger partial charge on any atom is -0.367 e. The molecule has 188 valence electrons. The summed E-state index contributed by atoms with van der Waals surface area (Å²) in [5.74, 6) is -0.0108. The van der Waals surface area contributed by atoms with Crippen molar-refractivity contribution in [3.05, 3.63) is 81.1 Å². The van der Waals surface area contributed by atoms with Gasteiger partial charge >= 0.3 is 0 Å². The second-order valence-corrected chi connectivity index (χ2v) is 10.0. The highest BCUT2D eigenvalue weighted by atomic mass is 127. The van der Waals surface area contributed by atoms with Gasteiger partial charge in [0.15, 0.2) is 0 Å². The highest BCUT2D eigenvalue weighted by Crippen LogP contribution is 2.20. The van der Waals surface area contributed by atoms with Gasteiger partial charge < -0.3 is 20.9 Å². The fourth-order valence-electron chi connectivity index (χ4n) is 4.31. The fraction of sp³-hybridized carbons (Fsp3) is 0.192. The molecule has 0 radical (unpaired) electrons. The second-order valence-electron chi connectivity index (χ2n) is 8.76. The number of primary amides is 1. The van der Waals surface area contributed by atoms with E-state index in [1.165, 1.54) is 0 Å². The van der Waals surface area contributed by atoms with Gasteiger partial charge in [0.05, 0.1) is 11.1 Å². The quantitative estimate of drug-likeness (QED) is 0.246. The predicted octanol–water partition coefficient (Wildman–Crippen LogP) is 3.63. The number of amides is 3. The smallest absolute Gasteiger partial charge is 0.257 e. The number of carbonyl (C=O) groups excluding carboxylic acids is 3. The van der Waals surface area contributed by atoms with E-state index in [4.69, 9.17) is 5.73 Å². The Kier molecular flexibility index (Phi) is 7.04. The van der Waals surface area contributed by atoms with Crippen molar-refractivity contribution in [2.24, 2.45) is 5.73 Å². The number of fused-ring (bicyclic) bond motifs is 1. The van der Waals surface area contributed by atoms with E-state index in [9.17, 15) is 14.4 Å². The normalized spacial score (nSPS) is 13.9. The first-order chi connectivity index (χ1) is 17.9. The highest BCUT2D eigenvalue weighted by Gasteiger charge is 2.24. The third-order valence-electron chi connectivity index (χ3n) is 6.27. The molecule has 5 rings (SSSR count). The number of aromatic amines is 1. The molecule has 37 heavy (non-hydrogen) atoms. The second kappa shape index (κ2) is 10.5. The van der Waals surface area contributed by atoms with Crippen LogP contribution in [0.3, 0.4) is 0 Å². The molecule has 3 amide bonds. The van der Waals surface area contributed by atoms with Crippen LogP contribution in [0.25, 0.3) is 11.0 Å². The predicted molar refractivity (Wildman–Crippen MR) is 149 cm³/mol. The summed E-state index contributed by atoms with van der Waals surface area (Å²) in [4.78, 5) is 50.8. The Morgan fingerprint density at radius 3 is 2.41 bits per heavy atom. The van der Waals surface area contributed by atoms with Gasteiger partial charge in [-0.3, -0.25) is 19.7 Å². The number of para-hydroxylation sites is 1. The molecule has 1 fully saturated rings. The van der Waals surface area contributed by atoms with Gasteiger partial charge in [0.2, 0.25) is 5.95 Å². The number of H-pyrrole nitrogens is 1. The molecule has 4 aromatic rings. The van der Waals surface area contributed by atoms with Gasteiger partial charge in [0.25, 0.3) is 17.7 Å². The van der Waals surface area contributed by atoms with Crippen molar-refractivity contribution in [2.45, 2.75) is 18.9 Å². The number of imidazole rings is 1. The Hall–Kier alpha value is -4.00. The number of benzene rings is 2. The van der Waals surface area contributed by atoms with Crippen molar-refractivity contribution in [2.75, 3.05) is 23.7 Å². The summed E-state index contributed by atoms with van der Waals surface area (Å²) in [5, 5.41) is 6.12. The SMILES string of the molecule is NC(=O)c1cccc2[nH]c(NC(=O)c3ccc(C(=O)N4CCC(Nc5ccc(I)cn5)CC4)cc3)nc12. The zero-order valence-electron chi connectivity index (χ0n) is 19.7. The number of hydrogen-bond acceptors (Lipinski definition) is 6. The molecule has 10 nitrogen and oxygen atoms in total. The molecule has 5 N–H and O–H groups in total. The third-order valence-corrected chi connectivity index (χ3v) is 6.90. The molecule has 0 spiro atoms. The van der Waals surface area contributed by atoms with Crippen LogP contribution in [0, 0.1) is 3.57 Å². The van der Waals surface area contributed by atoms with E-state index in [2.05, 4.69) is 48.2 Å². The number of rotatable bonds is 6. The molecule has 2 aromatic carbocycles. The maximum Gasteiger partial charge on any atom is 0.257 e. The number of hydrogen-bond donors (Lipinski definition) is 4. The molecule has 0 unspecified atom stereocenters. The summed E-state index contributed by atoms with van der Waals surface area (Å²) in [5.41, 5.74) is 7.54. The Balaban J connectivity index is 1.18. The van der Waals surface area contributed by atoms with E-state index in [0.29, 0.717) is 35.2 Å². The van der Waals surface area contributed by atoms with Crippen LogP contribution in [0.5, 0.6) is 0 Å². The molecule has 0 atom stereocenters. The van der Waals surface area contributed by atoms with Crippen LogP contribution in [-0.2, 0) is 0 Å². The largest absolute Gasteiger partial charge is 0.367 e. The van der Waals surface area contributed by atoms with E-state index >= 15 is 0 Å².